The van der Waals surface area contributed by atoms with Crippen molar-refractivity contribution in [2.75, 3.05) is 26.4 Å². The van der Waals surface area contributed by atoms with Crippen molar-refractivity contribution in [2.45, 2.75) is 465 Å². The molecule has 3 saturated heterocycles. The van der Waals surface area contributed by atoms with Crippen LogP contribution in [-0.4, -0.2) is 193 Å². The van der Waals surface area contributed by atoms with Gasteiger partial charge in [-0.3, -0.25) is 4.79 Å². The van der Waals surface area contributed by atoms with E-state index in [0.29, 0.717) is 12.8 Å². The number of carbonyl (C=O) groups excluding carboxylic acids is 1. The van der Waals surface area contributed by atoms with Crippen LogP contribution in [0.5, 0.6) is 0 Å². The van der Waals surface area contributed by atoms with Gasteiger partial charge in [-0.2, -0.15) is 0 Å². The Labute approximate surface area is 613 Å². The molecular formula is C82H155NO18. The zero-order chi connectivity index (χ0) is 73.2. The summed E-state index contributed by atoms with van der Waals surface area (Å²) >= 11 is 0. The summed E-state index contributed by atoms with van der Waals surface area (Å²) in [5.74, 6) is -0.277. The van der Waals surface area contributed by atoms with E-state index in [-0.39, 0.29) is 18.9 Å². The van der Waals surface area contributed by atoms with E-state index in [1.807, 2.05) is 6.08 Å². The number of amides is 1. The minimum Gasteiger partial charge on any atom is -0.394 e. The number of hydrogen-bond donors (Lipinski definition) is 12. The minimum absolute atomic E-state index is 0.241. The molecule has 0 radical (unpaired) electrons. The Balaban J connectivity index is 1.37. The molecule has 17 atom stereocenters. The van der Waals surface area contributed by atoms with Gasteiger partial charge in [0.05, 0.1) is 38.6 Å². The standard InChI is InChI=1S/C82H155NO18/c1-3-5-7-9-11-13-15-17-19-21-23-25-27-29-31-32-33-34-35-37-39-41-43-45-47-49-51-53-55-57-59-66(87)65(83-70(88)60-58-56-54-52-50-48-46-44-42-40-38-36-30-28-26-24-22-20-18-16-14-12-10-8-6-4-2)64-96-80-76(94)73(91)78(68(62-85)98-80)101-82-77(95)74(92)79(69(63-86)99-82)100-81-75(93)72(90)71(89)67(61-84)97-81/h49,51,57,59,65-69,71-82,84-87,89-95H,3-48,50,52-56,58,60-64H2,1-2H3,(H,83,88)/b51-49+,59-57+. The van der Waals surface area contributed by atoms with Crippen LogP contribution < -0.4 is 5.32 Å². The summed E-state index contributed by atoms with van der Waals surface area (Å²) in [6.45, 7) is 1.79. The first kappa shape index (κ1) is 93.5. The largest absolute Gasteiger partial charge is 0.394 e. The maximum atomic E-state index is 13.5. The highest BCUT2D eigenvalue weighted by atomic mass is 16.8. The van der Waals surface area contributed by atoms with Gasteiger partial charge in [0, 0.05) is 6.42 Å². The van der Waals surface area contributed by atoms with Gasteiger partial charge in [0.25, 0.3) is 0 Å². The lowest BCUT2D eigenvalue weighted by molar-refractivity contribution is -0.379. The molecule has 101 heavy (non-hydrogen) atoms. The lowest BCUT2D eigenvalue weighted by Gasteiger charge is -2.48. The summed E-state index contributed by atoms with van der Waals surface area (Å²) in [6.07, 6.45) is 50.4. The lowest BCUT2D eigenvalue weighted by Crippen LogP contribution is -2.66. The molecule has 3 aliphatic heterocycles. The Kier molecular flexibility index (Phi) is 58.5. The van der Waals surface area contributed by atoms with Gasteiger partial charge in [-0.1, -0.05) is 346 Å². The predicted octanol–water partition coefficient (Wildman–Crippen LogP) is 14.5. The predicted molar refractivity (Wildman–Crippen MR) is 402 cm³/mol. The van der Waals surface area contributed by atoms with Crippen LogP contribution in [0.1, 0.15) is 361 Å². The third-order valence-electron chi connectivity index (χ3n) is 21.3. The number of aliphatic hydroxyl groups excluding tert-OH is 11. The van der Waals surface area contributed by atoms with E-state index in [4.69, 9.17) is 28.4 Å². The Morgan fingerprint density at radius 3 is 0.990 bits per heavy atom. The topological polar surface area (TPSA) is 307 Å². The monoisotopic (exact) mass is 1440 g/mol. The summed E-state index contributed by atoms with van der Waals surface area (Å²) in [4.78, 5) is 13.5. The molecule has 0 bridgehead atoms. The van der Waals surface area contributed by atoms with E-state index in [9.17, 15) is 61.0 Å². The molecule has 0 aromatic heterocycles. The van der Waals surface area contributed by atoms with Crippen molar-refractivity contribution in [3.05, 3.63) is 24.3 Å². The molecule has 0 aliphatic carbocycles. The van der Waals surface area contributed by atoms with Crippen LogP contribution in [0.4, 0.5) is 0 Å². The van der Waals surface area contributed by atoms with Gasteiger partial charge in [0.1, 0.15) is 73.2 Å². The third kappa shape index (κ3) is 43.2. The second-order valence-electron chi connectivity index (χ2n) is 30.3. The Bertz CT molecular complexity index is 1920. The van der Waals surface area contributed by atoms with Crippen LogP contribution >= 0.6 is 0 Å². The molecule has 0 spiro atoms. The normalized spacial score (nSPS) is 26.4. The minimum atomic E-state index is -1.98. The second-order valence-corrected chi connectivity index (χ2v) is 30.3. The zero-order valence-electron chi connectivity index (χ0n) is 63.9. The SMILES string of the molecule is CCCCCCCCCCCCCCCCCCCCCCCCCC/C=C/CC/C=C/C(O)C(COC1OC(CO)C(OC2OC(CO)C(OC3OC(CO)C(O)C(O)C3O)C(O)C2O)C(O)C1O)NC(=O)CCCCCCCCCCCCCCCCCCCCCCCCCCCC. The number of aliphatic hydroxyl groups is 11. The molecule has 3 rings (SSSR count). The number of carbonyl (C=O) groups is 1. The van der Waals surface area contributed by atoms with Gasteiger partial charge < -0.3 is 89.9 Å². The highest BCUT2D eigenvalue weighted by Crippen LogP contribution is 2.33. The van der Waals surface area contributed by atoms with Crippen molar-refractivity contribution in [3.8, 4) is 0 Å². The van der Waals surface area contributed by atoms with Crippen LogP contribution in [0.2, 0.25) is 0 Å². The highest BCUT2D eigenvalue weighted by molar-refractivity contribution is 5.76. The smallest absolute Gasteiger partial charge is 0.220 e. The van der Waals surface area contributed by atoms with Gasteiger partial charge in [-0.25, -0.2) is 0 Å². The third-order valence-corrected chi connectivity index (χ3v) is 21.3. The van der Waals surface area contributed by atoms with Gasteiger partial charge >= 0.3 is 0 Å². The van der Waals surface area contributed by atoms with Crippen LogP contribution in [0.25, 0.3) is 0 Å². The first-order chi connectivity index (χ1) is 49.3. The number of allylic oxidation sites excluding steroid dienone is 3. The van der Waals surface area contributed by atoms with E-state index >= 15 is 0 Å². The van der Waals surface area contributed by atoms with E-state index in [2.05, 4.69) is 31.3 Å². The van der Waals surface area contributed by atoms with Crippen molar-refractivity contribution in [1.29, 1.82) is 0 Å². The summed E-state index contributed by atoms with van der Waals surface area (Å²) in [7, 11) is 0. The zero-order valence-corrected chi connectivity index (χ0v) is 63.9. The number of rotatable bonds is 68. The first-order valence-electron chi connectivity index (χ1n) is 42.1. The maximum absolute atomic E-state index is 13.5. The number of unbranched alkanes of at least 4 members (excludes halogenated alkanes) is 50. The number of hydrogen-bond acceptors (Lipinski definition) is 18. The summed E-state index contributed by atoms with van der Waals surface area (Å²) in [5.41, 5.74) is 0. The molecule has 12 N–H and O–H groups in total. The molecule has 3 heterocycles. The fourth-order valence-electron chi connectivity index (χ4n) is 14.5. The van der Waals surface area contributed by atoms with Crippen LogP contribution in [0.3, 0.4) is 0 Å². The second kappa shape index (κ2) is 63.2. The molecule has 1 amide bonds. The summed E-state index contributed by atoms with van der Waals surface area (Å²) in [5, 5.41) is 121. The van der Waals surface area contributed by atoms with Crippen molar-refractivity contribution in [2.24, 2.45) is 0 Å². The molecule has 0 aromatic rings. The van der Waals surface area contributed by atoms with Gasteiger partial charge in [0.2, 0.25) is 5.91 Å². The van der Waals surface area contributed by atoms with E-state index in [0.717, 1.165) is 38.5 Å². The molecule has 0 aromatic carbocycles. The van der Waals surface area contributed by atoms with Crippen molar-refractivity contribution < 1.29 is 89.4 Å². The maximum Gasteiger partial charge on any atom is 0.220 e. The van der Waals surface area contributed by atoms with Crippen LogP contribution in [0.15, 0.2) is 24.3 Å². The molecule has 19 nitrogen and oxygen atoms in total. The Morgan fingerprint density at radius 1 is 0.347 bits per heavy atom. The van der Waals surface area contributed by atoms with Gasteiger partial charge in [0.15, 0.2) is 18.9 Å². The molecule has 596 valence electrons. The number of nitrogens with one attached hydrogen (secondary N) is 1. The highest BCUT2D eigenvalue weighted by Gasteiger charge is 2.54. The Morgan fingerprint density at radius 2 is 0.634 bits per heavy atom. The van der Waals surface area contributed by atoms with E-state index in [1.54, 1.807) is 6.08 Å². The quantitative estimate of drug-likeness (QED) is 0.0199. The van der Waals surface area contributed by atoms with Crippen molar-refractivity contribution in [1.82, 2.24) is 5.32 Å². The molecule has 3 fully saturated rings. The van der Waals surface area contributed by atoms with E-state index in [1.165, 1.54) is 289 Å². The van der Waals surface area contributed by atoms with Crippen molar-refractivity contribution >= 4 is 5.91 Å². The van der Waals surface area contributed by atoms with E-state index < -0.39 is 124 Å². The number of ether oxygens (including phenoxy) is 6. The molecule has 17 unspecified atom stereocenters. The lowest BCUT2D eigenvalue weighted by atomic mass is 9.96. The summed E-state index contributed by atoms with van der Waals surface area (Å²) < 4.78 is 34.5. The van der Waals surface area contributed by atoms with Crippen LogP contribution in [-0.2, 0) is 33.2 Å². The average Bonchev–Trinajstić information content (AvgIpc) is 0.790. The Hall–Kier alpha value is -1.73. The van der Waals surface area contributed by atoms with Gasteiger partial charge in [-0.15, -0.1) is 0 Å². The summed E-state index contributed by atoms with van der Waals surface area (Å²) in [6, 6.07) is -0.989. The molecule has 19 heteroatoms. The average molecular weight is 1440 g/mol. The van der Waals surface area contributed by atoms with Crippen molar-refractivity contribution in [3.63, 3.8) is 0 Å². The molecular weight excluding hydrogens is 1290 g/mol. The first-order valence-corrected chi connectivity index (χ1v) is 42.1. The van der Waals surface area contributed by atoms with Crippen LogP contribution in [0, 0.1) is 0 Å². The fourth-order valence-corrected chi connectivity index (χ4v) is 14.5. The fraction of sp³-hybridized carbons (Fsp3) is 0.939. The molecule has 3 aliphatic rings. The molecule has 0 saturated carbocycles. The van der Waals surface area contributed by atoms with Gasteiger partial charge in [-0.05, 0) is 32.1 Å².